The summed E-state index contributed by atoms with van der Waals surface area (Å²) >= 11 is 5.95. The number of carbonyl (C=O) groups is 1. The van der Waals surface area contributed by atoms with Crippen molar-refractivity contribution in [3.63, 3.8) is 0 Å². The molecule has 0 aliphatic rings. The van der Waals surface area contributed by atoms with Crippen LogP contribution in [0.4, 0.5) is 0 Å². The van der Waals surface area contributed by atoms with Gasteiger partial charge in [-0.25, -0.2) is 13.4 Å². The van der Waals surface area contributed by atoms with Crippen LogP contribution in [0.15, 0.2) is 35.2 Å². The van der Waals surface area contributed by atoms with E-state index < -0.39 is 9.84 Å². The van der Waals surface area contributed by atoms with E-state index in [1.165, 1.54) is 25.3 Å². The number of halogens is 1. The minimum atomic E-state index is -3.44. The summed E-state index contributed by atoms with van der Waals surface area (Å²) in [6, 6.07) is 7.37. The van der Waals surface area contributed by atoms with Gasteiger partial charge in [0.05, 0.1) is 17.0 Å². The molecular formula is C15H14ClNO4S. The summed E-state index contributed by atoms with van der Waals surface area (Å²) in [4.78, 5) is 16.5. The topological polar surface area (TPSA) is 73.3 Å². The lowest BCUT2D eigenvalue weighted by atomic mass is 10.1. The van der Waals surface area contributed by atoms with Crippen molar-refractivity contribution in [2.75, 3.05) is 13.4 Å². The molecular weight excluding hydrogens is 326 g/mol. The zero-order valence-corrected chi connectivity index (χ0v) is 13.8. The Morgan fingerprint density at radius 3 is 2.45 bits per heavy atom. The van der Waals surface area contributed by atoms with Gasteiger partial charge in [0.1, 0.15) is 5.69 Å². The number of nitrogens with zero attached hydrogens (tertiary/aromatic N) is 1. The number of methoxy groups -OCH3 is 1. The number of aryl methyl sites for hydroxylation is 1. The lowest BCUT2D eigenvalue weighted by Gasteiger charge is -2.07. The molecule has 0 amide bonds. The second-order valence-corrected chi connectivity index (χ2v) is 7.16. The normalized spacial score (nSPS) is 11.3. The molecule has 1 aromatic carbocycles. The average Bonchev–Trinajstić information content (AvgIpc) is 2.45. The summed E-state index contributed by atoms with van der Waals surface area (Å²) in [6.45, 7) is 1.82. The van der Waals surface area contributed by atoms with Gasteiger partial charge in [0.25, 0.3) is 0 Å². The molecule has 0 bridgehead atoms. The number of ether oxygens (including phenoxy) is 1. The highest BCUT2D eigenvalue weighted by atomic mass is 35.5. The molecule has 0 saturated carbocycles. The van der Waals surface area contributed by atoms with Gasteiger partial charge in [-0.3, -0.25) is 4.79 Å². The first-order valence-corrected chi connectivity index (χ1v) is 8.57. The fourth-order valence-corrected chi connectivity index (χ4v) is 3.26. The van der Waals surface area contributed by atoms with Gasteiger partial charge in [0.2, 0.25) is 11.7 Å². The van der Waals surface area contributed by atoms with Gasteiger partial charge in [-0.1, -0.05) is 17.7 Å². The van der Waals surface area contributed by atoms with Crippen LogP contribution in [0, 0.1) is 6.92 Å². The third-order valence-electron chi connectivity index (χ3n) is 3.07. The molecule has 0 unspecified atom stereocenters. The van der Waals surface area contributed by atoms with Gasteiger partial charge >= 0.3 is 0 Å². The molecule has 7 heteroatoms. The smallest absolute Gasteiger partial charge is 0.216 e. The Hall–Kier alpha value is -1.92. The number of pyridine rings is 1. The van der Waals surface area contributed by atoms with E-state index >= 15 is 0 Å². The van der Waals surface area contributed by atoms with E-state index in [4.69, 9.17) is 16.3 Å². The quantitative estimate of drug-likeness (QED) is 0.801. The van der Waals surface area contributed by atoms with E-state index in [1.54, 1.807) is 12.1 Å². The van der Waals surface area contributed by atoms with Crippen molar-refractivity contribution in [2.24, 2.45) is 0 Å². The number of rotatable bonds is 4. The van der Waals surface area contributed by atoms with Crippen LogP contribution in [0.1, 0.15) is 21.6 Å². The monoisotopic (exact) mass is 339 g/mol. The van der Waals surface area contributed by atoms with Crippen LogP contribution in [0.25, 0.3) is 0 Å². The Bertz CT molecular complexity index is 847. The van der Waals surface area contributed by atoms with Crippen molar-refractivity contribution in [3.05, 3.63) is 52.2 Å². The Kier molecular flexibility index (Phi) is 4.53. The molecule has 0 aliphatic carbocycles. The lowest BCUT2D eigenvalue weighted by Crippen LogP contribution is -2.07. The van der Waals surface area contributed by atoms with Crippen molar-refractivity contribution in [3.8, 4) is 5.88 Å². The Balaban J connectivity index is 2.44. The lowest BCUT2D eigenvalue weighted by molar-refractivity contribution is 0.103. The molecule has 1 heterocycles. The number of benzene rings is 1. The SMILES string of the molecule is COc1nc(C(=O)c2ccc(S(C)(=O)=O)c(Cl)c2)ccc1C. The molecule has 0 spiro atoms. The van der Waals surface area contributed by atoms with Crippen molar-refractivity contribution in [1.29, 1.82) is 0 Å². The molecule has 0 saturated heterocycles. The first-order valence-electron chi connectivity index (χ1n) is 6.30. The maximum absolute atomic E-state index is 12.4. The number of aromatic nitrogens is 1. The summed E-state index contributed by atoms with van der Waals surface area (Å²) in [5.41, 5.74) is 1.27. The van der Waals surface area contributed by atoms with Crippen molar-refractivity contribution in [1.82, 2.24) is 4.98 Å². The standard InChI is InChI=1S/C15H14ClNO4S/c1-9-4-6-12(17-15(9)21-2)14(18)10-5-7-13(11(16)8-10)22(3,19)20/h4-8H,1-3H3. The number of carbonyl (C=O) groups excluding carboxylic acids is 1. The van der Waals surface area contributed by atoms with Crippen LogP contribution in [0.2, 0.25) is 5.02 Å². The van der Waals surface area contributed by atoms with Crippen molar-refractivity contribution >= 4 is 27.2 Å². The van der Waals surface area contributed by atoms with Crippen LogP contribution >= 0.6 is 11.6 Å². The van der Waals surface area contributed by atoms with Crippen LogP contribution in [0.5, 0.6) is 5.88 Å². The number of hydrogen-bond acceptors (Lipinski definition) is 5. The highest BCUT2D eigenvalue weighted by molar-refractivity contribution is 7.90. The van der Waals surface area contributed by atoms with E-state index in [1.807, 2.05) is 6.92 Å². The first-order chi connectivity index (χ1) is 10.2. The largest absolute Gasteiger partial charge is 0.481 e. The minimum absolute atomic E-state index is 0.00688. The second-order valence-electron chi connectivity index (χ2n) is 4.77. The first kappa shape index (κ1) is 16.5. The second kappa shape index (κ2) is 6.06. The van der Waals surface area contributed by atoms with Gasteiger partial charge < -0.3 is 4.74 Å². The number of ketones is 1. The van der Waals surface area contributed by atoms with Crippen LogP contribution in [0.3, 0.4) is 0 Å². The molecule has 116 valence electrons. The van der Waals surface area contributed by atoms with Gasteiger partial charge in [-0.15, -0.1) is 0 Å². The van der Waals surface area contributed by atoms with Gasteiger partial charge in [0, 0.05) is 17.4 Å². The van der Waals surface area contributed by atoms with Gasteiger partial charge in [0.15, 0.2) is 9.84 Å². The Morgan fingerprint density at radius 1 is 1.23 bits per heavy atom. The molecule has 0 radical (unpaired) electrons. The van der Waals surface area contributed by atoms with Gasteiger partial charge in [-0.2, -0.15) is 0 Å². The zero-order valence-electron chi connectivity index (χ0n) is 12.3. The van der Waals surface area contributed by atoms with E-state index in [9.17, 15) is 13.2 Å². The Labute approximate surface area is 133 Å². The molecule has 0 fully saturated rings. The molecule has 22 heavy (non-hydrogen) atoms. The number of sulfone groups is 1. The van der Waals surface area contributed by atoms with E-state index in [-0.39, 0.29) is 27.0 Å². The number of hydrogen-bond donors (Lipinski definition) is 0. The van der Waals surface area contributed by atoms with Crippen LogP contribution in [-0.4, -0.2) is 32.6 Å². The molecule has 2 rings (SSSR count). The summed E-state index contributed by atoms with van der Waals surface area (Å²) in [6.07, 6.45) is 1.06. The molecule has 2 aromatic rings. The highest BCUT2D eigenvalue weighted by Crippen LogP contribution is 2.24. The maximum atomic E-state index is 12.4. The fourth-order valence-electron chi connectivity index (χ4n) is 1.93. The fraction of sp³-hybridized carbons (Fsp3) is 0.200. The molecule has 0 N–H and O–H groups in total. The molecule has 0 aliphatic heterocycles. The maximum Gasteiger partial charge on any atom is 0.216 e. The predicted octanol–water partition coefficient (Wildman–Crippen LogP) is 2.69. The minimum Gasteiger partial charge on any atom is -0.481 e. The molecule has 0 atom stereocenters. The molecule has 1 aromatic heterocycles. The summed E-state index contributed by atoms with van der Waals surface area (Å²) < 4.78 is 28.1. The molecule has 5 nitrogen and oxygen atoms in total. The Morgan fingerprint density at radius 2 is 1.91 bits per heavy atom. The third kappa shape index (κ3) is 3.28. The van der Waals surface area contributed by atoms with Crippen LogP contribution < -0.4 is 4.74 Å². The predicted molar refractivity (Wildman–Crippen MR) is 83.5 cm³/mol. The van der Waals surface area contributed by atoms with E-state index in [2.05, 4.69) is 4.98 Å². The van der Waals surface area contributed by atoms with E-state index in [0.717, 1.165) is 11.8 Å². The summed E-state index contributed by atoms with van der Waals surface area (Å²) in [5, 5.41) is 0.00688. The zero-order chi connectivity index (χ0) is 16.5. The van der Waals surface area contributed by atoms with Gasteiger partial charge in [-0.05, 0) is 31.2 Å². The van der Waals surface area contributed by atoms with E-state index in [0.29, 0.717) is 5.88 Å². The third-order valence-corrected chi connectivity index (χ3v) is 4.65. The summed E-state index contributed by atoms with van der Waals surface area (Å²) in [7, 11) is -1.96. The average molecular weight is 340 g/mol. The highest BCUT2D eigenvalue weighted by Gasteiger charge is 2.17. The van der Waals surface area contributed by atoms with Crippen molar-refractivity contribution in [2.45, 2.75) is 11.8 Å². The van der Waals surface area contributed by atoms with Crippen LogP contribution in [-0.2, 0) is 9.84 Å². The van der Waals surface area contributed by atoms with Crippen molar-refractivity contribution < 1.29 is 17.9 Å². The summed E-state index contributed by atoms with van der Waals surface area (Å²) in [5.74, 6) is 0.00459.